The highest BCUT2D eigenvalue weighted by Gasteiger charge is 2.23. The zero-order valence-corrected chi connectivity index (χ0v) is 20.4. The molecule has 1 saturated heterocycles. The fourth-order valence-corrected chi connectivity index (χ4v) is 5.17. The molecule has 0 saturated carbocycles. The van der Waals surface area contributed by atoms with E-state index in [9.17, 15) is 19.7 Å². The monoisotopic (exact) mass is 498 g/mol. The van der Waals surface area contributed by atoms with Crippen molar-refractivity contribution in [2.45, 2.75) is 32.7 Å². The summed E-state index contributed by atoms with van der Waals surface area (Å²) in [6.07, 6.45) is 3.06. The minimum absolute atomic E-state index is 0.107. The summed E-state index contributed by atoms with van der Waals surface area (Å²) in [5.41, 5.74) is 1.20. The summed E-state index contributed by atoms with van der Waals surface area (Å²) in [6.45, 7) is 3.32. The Morgan fingerprint density at radius 2 is 1.91 bits per heavy atom. The molecule has 1 aliphatic heterocycles. The number of ether oxygens (including phenoxy) is 2. The Labute approximate surface area is 205 Å². The number of carbonyl (C=O) groups excluding carboxylic acids is 2. The van der Waals surface area contributed by atoms with Crippen molar-refractivity contribution in [3.63, 3.8) is 0 Å². The summed E-state index contributed by atoms with van der Waals surface area (Å²) >= 11 is 1.22. The van der Waals surface area contributed by atoms with E-state index in [-0.39, 0.29) is 29.2 Å². The molecule has 2 aromatic carbocycles. The lowest BCUT2D eigenvalue weighted by molar-refractivity contribution is -0.384. The number of thiazole rings is 1. The first-order chi connectivity index (χ1) is 16.9. The number of rotatable bonds is 7. The highest BCUT2D eigenvalue weighted by atomic mass is 32.1. The number of carbonyl (C=O) groups is 2. The fraction of sp³-hybridized carbons (Fsp3) is 0.375. The van der Waals surface area contributed by atoms with Gasteiger partial charge in [0.25, 0.3) is 11.6 Å². The van der Waals surface area contributed by atoms with Crippen LogP contribution in [0.25, 0.3) is 10.2 Å². The van der Waals surface area contributed by atoms with Gasteiger partial charge >= 0.3 is 5.97 Å². The van der Waals surface area contributed by atoms with Gasteiger partial charge in [-0.2, -0.15) is 4.99 Å². The molecule has 1 amide bonds. The van der Waals surface area contributed by atoms with Crippen LogP contribution in [0, 0.1) is 10.1 Å². The Kier molecular flexibility index (Phi) is 7.45. The Bertz CT molecular complexity index is 1340. The average molecular weight is 499 g/mol. The number of piperidine rings is 1. The molecule has 0 bridgehead atoms. The number of hydrogen-bond acceptors (Lipinski definition) is 8. The molecule has 10 nitrogen and oxygen atoms in total. The first-order valence-electron chi connectivity index (χ1n) is 11.4. The molecule has 3 aromatic rings. The molecule has 0 radical (unpaired) electrons. The number of fused-ring (bicyclic) bond motifs is 1. The first kappa shape index (κ1) is 24.4. The molecular weight excluding hydrogens is 472 g/mol. The summed E-state index contributed by atoms with van der Waals surface area (Å²) in [6, 6.07) is 9.80. The van der Waals surface area contributed by atoms with E-state index in [1.165, 1.54) is 17.4 Å². The smallest absolute Gasteiger partial charge is 0.326 e. The Morgan fingerprint density at radius 3 is 2.60 bits per heavy atom. The third kappa shape index (κ3) is 5.35. The van der Waals surface area contributed by atoms with Crippen LogP contribution in [-0.4, -0.2) is 48.2 Å². The van der Waals surface area contributed by atoms with Crippen LogP contribution in [0.2, 0.25) is 0 Å². The number of hydrogen-bond donors (Lipinski definition) is 0. The van der Waals surface area contributed by atoms with E-state index in [0.29, 0.717) is 17.0 Å². The molecule has 0 aliphatic carbocycles. The second-order valence-electron chi connectivity index (χ2n) is 8.03. The van der Waals surface area contributed by atoms with Gasteiger partial charge in [-0.1, -0.05) is 11.3 Å². The topological polar surface area (TPSA) is 116 Å². The van der Waals surface area contributed by atoms with Crippen LogP contribution >= 0.6 is 11.3 Å². The van der Waals surface area contributed by atoms with Gasteiger partial charge in [-0.3, -0.25) is 19.7 Å². The summed E-state index contributed by atoms with van der Waals surface area (Å²) in [5.74, 6) is -0.461. The fourth-order valence-electron chi connectivity index (χ4n) is 4.11. The van der Waals surface area contributed by atoms with Crippen LogP contribution in [0.1, 0.15) is 36.5 Å². The zero-order valence-electron chi connectivity index (χ0n) is 19.6. The second kappa shape index (κ2) is 10.7. The SMILES string of the molecule is CCOC(=O)Cn1c(=NC(=O)c2ccc(N3CCCCC3)c([N+](=O)[O-])c2)sc2cc(OC)ccc21. The molecule has 1 fully saturated rings. The highest BCUT2D eigenvalue weighted by Crippen LogP contribution is 2.31. The van der Waals surface area contributed by atoms with Crippen molar-refractivity contribution in [2.24, 2.45) is 4.99 Å². The number of aromatic nitrogens is 1. The van der Waals surface area contributed by atoms with Crippen LogP contribution in [-0.2, 0) is 16.1 Å². The van der Waals surface area contributed by atoms with Gasteiger partial charge in [0.15, 0.2) is 4.80 Å². The van der Waals surface area contributed by atoms with E-state index in [4.69, 9.17) is 9.47 Å². The summed E-state index contributed by atoms with van der Waals surface area (Å²) in [7, 11) is 1.55. The van der Waals surface area contributed by atoms with Crippen molar-refractivity contribution in [2.75, 3.05) is 31.7 Å². The third-order valence-corrected chi connectivity index (χ3v) is 6.84. The lowest BCUT2D eigenvalue weighted by Crippen LogP contribution is -2.30. The molecule has 1 aromatic heterocycles. The zero-order chi connectivity index (χ0) is 24.9. The van der Waals surface area contributed by atoms with Gasteiger partial charge in [-0.05, 0) is 56.5 Å². The number of esters is 1. The largest absolute Gasteiger partial charge is 0.497 e. The quantitative estimate of drug-likeness (QED) is 0.275. The second-order valence-corrected chi connectivity index (χ2v) is 9.04. The standard InChI is InChI=1S/C24H26N4O6S/c1-3-34-22(29)15-27-19-10-8-17(33-2)14-21(19)35-24(27)25-23(30)16-7-9-18(20(13-16)28(31)32)26-11-5-4-6-12-26/h7-10,13-14H,3-6,11-12,15H2,1-2H3. The van der Waals surface area contributed by atoms with Crippen LogP contribution in [0.4, 0.5) is 11.4 Å². The first-order valence-corrected chi connectivity index (χ1v) is 12.2. The van der Waals surface area contributed by atoms with E-state index < -0.39 is 16.8 Å². The van der Waals surface area contributed by atoms with Crippen molar-refractivity contribution in [1.82, 2.24) is 4.57 Å². The van der Waals surface area contributed by atoms with Crippen LogP contribution in [0.15, 0.2) is 41.4 Å². The molecule has 0 unspecified atom stereocenters. The maximum Gasteiger partial charge on any atom is 0.326 e. The Morgan fingerprint density at radius 1 is 1.14 bits per heavy atom. The lowest BCUT2D eigenvalue weighted by atomic mass is 10.1. The normalized spacial score (nSPS) is 14.2. The van der Waals surface area contributed by atoms with E-state index >= 15 is 0 Å². The number of nitro benzene ring substituents is 1. The molecule has 1 aliphatic rings. The molecule has 0 atom stereocenters. The molecular formula is C24H26N4O6S. The van der Waals surface area contributed by atoms with Crippen molar-refractivity contribution in [3.05, 3.63) is 56.9 Å². The van der Waals surface area contributed by atoms with E-state index in [0.717, 1.165) is 37.1 Å². The summed E-state index contributed by atoms with van der Waals surface area (Å²) < 4.78 is 12.7. The van der Waals surface area contributed by atoms with Gasteiger partial charge in [0.05, 0.1) is 28.9 Å². The summed E-state index contributed by atoms with van der Waals surface area (Å²) in [5, 5.41) is 11.8. The van der Waals surface area contributed by atoms with Gasteiger partial charge in [0, 0.05) is 24.7 Å². The number of nitrogens with zero attached hydrogens (tertiary/aromatic N) is 4. The van der Waals surface area contributed by atoms with Crippen LogP contribution in [0.3, 0.4) is 0 Å². The van der Waals surface area contributed by atoms with Crippen molar-refractivity contribution >= 4 is 44.8 Å². The van der Waals surface area contributed by atoms with Crippen LogP contribution < -0.4 is 14.4 Å². The number of methoxy groups -OCH3 is 1. The minimum atomic E-state index is -0.630. The molecule has 35 heavy (non-hydrogen) atoms. The van der Waals surface area contributed by atoms with Gasteiger partial charge < -0.3 is 18.9 Å². The predicted molar refractivity (Wildman–Crippen MR) is 132 cm³/mol. The number of anilines is 1. The molecule has 2 heterocycles. The van der Waals surface area contributed by atoms with Crippen LogP contribution in [0.5, 0.6) is 5.75 Å². The van der Waals surface area contributed by atoms with Crippen molar-refractivity contribution in [1.29, 1.82) is 0 Å². The van der Waals surface area contributed by atoms with Crippen molar-refractivity contribution < 1.29 is 24.0 Å². The molecule has 0 N–H and O–H groups in total. The maximum absolute atomic E-state index is 13.1. The Balaban J connectivity index is 1.75. The van der Waals surface area contributed by atoms with Gasteiger partial charge in [0.1, 0.15) is 18.0 Å². The molecule has 11 heteroatoms. The average Bonchev–Trinajstić information content (AvgIpc) is 3.19. The van der Waals surface area contributed by atoms with Gasteiger partial charge in [-0.25, -0.2) is 0 Å². The van der Waals surface area contributed by atoms with Gasteiger partial charge in [0.2, 0.25) is 0 Å². The van der Waals surface area contributed by atoms with Crippen molar-refractivity contribution in [3.8, 4) is 5.75 Å². The molecule has 184 valence electrons. The minimum Gasteiger partial charge on any atom is -0.497 e. The summed E-state index contributed by atoms with van der Waals surface area (Å²) in [4.78, 5) is 43.1. The van der Waals surface area contributed by atoms with Gasteiger partial charge in [-0.15, -0.1) is 0 Å². The highest BCUT2D eigenvalue weighted by molar-refractivity contribution is 7.16. The van der Waals surface area contributed by atoms with E-state index in [1.54, 1.807) is 48.9 Å². The predicted octanol–water partition coefficient (Wildman–Crippen LogP) is 3.91. The lowest BCUT2D eigenvalue weighted by Gasteiger charge is -2.28. The third-order valence-electron chi connectivity index (χ3n) is 5.80. The van der Waals surface area contributed by atoms with E-state index in [2.05, 4.69) is 4.99 Å². The van der Waals surface area contributed by atoms with E-state index in [1.807, 2.05) is 4.90 Å². The molecule has 0 spiro atoms. The Hall–Kier alpha value is -3.73. The molecule has 4 rings (SSSR count). The maximum atomic E-state index is 13.1. The number of amides is 1. The number of benzene rings is 2. The number of nitro groups is 1.